The fraction of sp³-hybridized carbons (Fsp3) is 0.923. The molecule has 1 aliphatic carbocycles. The molecule has 0 bridgehead atoms. The SMILES string of the molecule is CCOC(CCOC1CCCC(C)C1)C(=O)O. The number of hydrogen-bond acceptors (Lipinski definition) is 3. The number of carboxylic acid groups (broad SMARTS) is 1. The Labute approximate surface area is 103 Å². The van der Waals surface area contributed by atoms with Gasteiger partial charge in [-0.2, -0.15) is 0 Å². The topological polar surface area (TPSA) is 55.8 Å². The molecule has 4 heteroatoms. The smallest absolute Gasteiger partial charge is 0.332 e. The van der Waals surface area contributed by atoms with E-state index < -0.39 is 12.1 Å². The summed E-state index contributed by atoms with van der Waals surface area (Å²) in [5.41, 5.74) is 0. The quantitative estimate of drug-likeness (QED) is 0.747. The van der Waals surface area contributed by atoms with E-state index in [1.807, 2.05) is 0 Å². The zero-order chi connectivity index (χ0) is 12.7. The monoisotopic (exact) mass is 244 g/mol. The van der Waals surface area contributed by atoms with Gasteiger partial charge in [0.05, 0.1) is 6.10 Å². The van der Waals surface area contributed by atoms with Crippen LogP contribution in [0, 0.1) is 5.92 Å². The molecule has 3 atom stereocenters. The van der Waals surface area contributed by atoms with Gasteiger partial charge < -0.3 is 14.6 Å². The molecule has 100 valence electrons. The Morgan fingerprint density at radius 3 is 2.82 bits per heavy atom. The summed E-state index contributed by atoms with van der Waals surface area (Å²) in [6, 6.07) is 0. The molecule has 3 unspecified atom stereocenters. The lowest BCUT2D eigenvalue weighted by atomic mass is 9.89. The number of rotatable bonds is 7. The van der Waals surface area contributed by atoms with E-state index >= 15 is 0 Å². The van der Waals surface area contributed by atoms with Gasteiger partial charge in [0, 0.05) is 19.6 Å². The number of carbonyl (C=O) groups is 1. The summed E-state index contributed by atoms with van der Waals surface area (Å²) in [5.74, 6) is -0.164. The normalized spacial score (nSPS) is 26.7. The zero-order valence-corrected chi connectivity index (χ0v) is 10.9. The van der Waals surface area contributed by atoms with Crippen molar-refractivity contribution in [3.05, 3.63) is 0 Å². The second kappa shape index (κ2) is 7.67. The molecule has 0 heterocycles. The van der Waals surface area contributed by atoms with E-state index in [1.54, 1.807) is 6.92 Å². The molecule has 1 saturated carbocycles. The van der Waals surface area contributed by atoms with Crippen LogP contribution in [0.15, 0.2) is 0 Å². The minimum absolute atomic E-state index is 0.315. The average Bonchev–Trinajstić information content (AvgIpc) is 2.28. The van der Waals surface area contributed by atoms with Gasteiger partial charge in [0.1, 0.15) is 0 Å². The molecule has 0 aliphatic heterocycles. The molecule has 0 amide bonds. The highest BCUT2D eigenvalue weighted by atomic mass is 16.5. The molecule has 17 heavy (non-hydrogen) atoms. The molecule has 1 N–H and O–H groups in total. The van der Waals surface area contributed by atoms with Crippen LogP contribution in [0.5, 0.6) is 0 Å². The first kappa shape index (κ1) is 14.5. The van der Waals surface area contributed by atoms with Gasteiger partial charge >= 0.3 is 5.97 Å². The Morgan fingerprint density at radius 2 is 2.24 bits per heavy atom. The van der Waals surface area contributed by atoms with Crippen LogP contribution in [0.1, 0.15) is 46.0 Å². The van der Waals surface area contributed by atoms with Gasteiger partial charge in [-0.25, -0.2) is 4.79 Å². The fourth-order valence-electron chi connectivity index (χ4n) is 2.35. The Morgan fingerprint density at radius 1 is 1.47 bits per heavy atom. The molecule has 1 rings (SSSR count). The van der Waals surface area contributed by atoms with Gasteiger partial charge in [0.25, 0.3) is 0 Å². The first-order chi connectivity index (χ1) is 8.13. The van der Waals surface area contributed by atoms with Crippen molar-refractivity contribution in [2.75, 3.05) is 13.2 Å². The highest BCUT2D eigenvalue weighted by molar-refractivity contribution is 5.72. The zero-order valence-electron chi connectivity index (χ0n) is 10.9. The third kappa shape index (κ3) is 5.50. The minimum Gasteiger partial charge on any atom is -0.479 e. The Balaban J connectivity index is 2.18. The van der Waals surface area contributed by atoms with Crippen LogP contribution in [-0.2, 0) is 14.3 Å². The van der Waals surface area contributed by atoms with E-state index in [0.29, 0.717) is 25.7 Å². The summed E-state index contributed by atoms with van der Waals surface area (Å²) < 4.78 is 10.9. The minimum atomic E-state index is -0.896. The Hall–Kier alpha value is -0.610. The molecule has 4 nitrogen and oxygen atoms in total. The molecule has 0 aromatic carbocycles. The molecule has 1 fully saturated rings. The maximum absolute atomic E-state index is 10.8. The van der Waals surface area contributed by atoms with Crippen LogP contribution in [-0.4, -0.2) is 36.5 Å². The second-order valence-corrected chi connectivity index (χ2v) is 4.84. The highest BCUT2D eigenvalue weighted by Gasteiger charge is 2.21. The summed E-state index contributed by atoms with van der Waals surface area (Å²) in [4.78, 5) is 10.8. The summed E-state index contributed by atoms with van der Waals surface area (Å²) in [7, 11) is 0. The molecule has 0 saturated heterocycles. The van der Waals surface area contributed by atoms with Crippen LogP contribution < -0.4 is 0 Å². The largest absolute Gasteiger partial charge is 0.479 e. The lowest BCUT2D eigenvalue weighted by Gasteiger charge is -2.27. The van der Waals surface area contributed by atoms with E-state index in [2.05, 4.69) is 6.92 Å². The molecular formula is C13H24O4. The van der Waals surface area contributed by atoms with Crippen LogP contribution in [0.3, 0.4) is 0 Å². The van der Waals surface area contributed by atoms with Gasteiger partial charge in [-0.1, -0.05) is 19.8 Å². The van der Waals surface area contributed by atoms with E-state index in [9.17, 15) is 4.79 Å². The third-order valence-corrected chi connectivity index (χ3v) is 3.27. The van der Waals surface area contributed by atoms with Gasteiger partial charge in [0.15, 0.2) is 6.10 Å². The molecule has 0 radical (unpaired) electrons. The van der Waals surface area contributed by atoms with Crippen molar-refractivity contribution in [2.45, 2.75) is 58.2 Å². The maximum atomic E-state index is 10.8. The number of ether oxygens (including phenoxy) is 2. The second-order valence-electron chi connectivity index (χ2n) is 4.84. The van der Waals surface area contributed by atoms with Crippen molar-refractivity contribution >= 4 is 5.97 Å². The number of carboxylic acids is 1. The summed E-state index contributed by atoms with van der Waals surface area (Å²) >= 11 is 0. The number of aliphatic carboxylic acids is 1. The van der Waals surface area contributed by atoms with Gasteiger partial charge in [-0.05, 0) is 25.7 Å². The van der Waals surface area contributed by atoms with Crippen LogP contribution in [0.25, 0.3) is 0 Å². The van der Waals surface area contributed by atoms with Crippen molar-refractivity contribution in [1.29, 1.82) is 0 Å². The van der Waals surface area contributed by atoms with Crippen molar-refractivity contribution in [3.8, 4) is 0 Å². The summed E-state index contributed by atoms with van der Waals surface area (Å²) in [6.45, 7) is 4.96. The lowest BCUT2D eigenvalue weighted by Crippen LogP contribution is -2.28. The van der Waals surface area contributed by atoms with Crippen molar-refractivity contribution in [2.24, 2.45) is 5.92 Å². The molecule has 0 aromatic rings. The molecule has 1 aliphatic rings. The fourth-order valence-corrected chi connectivity index (χ4v) is 2.35. The molecule has 0 aromatic heterocycles. The predicted molar refractivity (Wildman–Crippen MR) is 65.0 cm³/mol. The van der Waals surface area contributed by atoms with Gasteiger partial charge in [-0.15, -0.1) is 0 Å². The lowest BCUT2D eigenvalue weighted by molar-refractivity contribution is -0.151. The predicted octanol–water partition coefficient (Wildman–Crippen LogP) is 2.46. The first-order valence-electron chi connectivity index (χ1n) is 6.59. The van der Waals surface area contributed by atoms with Crippen LogP contribution in [0.4, 0.5) is 0 Å². The van der Waals surface area contributed by atoms with Crippen LogP contribution in [0.2, 0.25) is 0 Å². The Kier molecular flexibility index (Phi) is 6.52. The highest BCUT2D eigenvalue weighted by Crippen LogP contribution is 2.25. The summed E-state index contributed by atoms with van der Waals surface area (Å²) in [6.07, 6.45) is 4.75. The van der Waals surface area contributed by atoms with Crippen molar-refractivity contribution < 1.29 is 19.4 Å². The molecule has 0 spiro atoms. The van der Waals surface area contributed by atoms with E-state index in [-0.39, 0.29) is 0 Å². The number of hydrogen-bond donors (Lipinski definition) is 1. The van der Waals surface area contributed by atoms with E-state index in [4.69, 9.17) is 14.6 Å². The van der Waals surface area contributed by atoms with Gasteiger partial charge in [0.2, 0.25) is 0 Å². The third-order valence-electron chi connectivity index (χ3n) is 3.27. The standard InChI is InChI=1S/C13H24O4/c1-3-16-12(13(14)15)7-8-17-11-6-4-5-10(2)9-11/h10-12H,3-9H2,1-2H3,(H,14,15). The van der Waals surface area contributed by atoms with Crippen LogP contribution >= 0.6 is 0 Å². The maximum Gasteiger partial charge on any atom is 0.332 e. The average molecular weight is 244 g/mol. The molecular weight excluding hydrogens is 220 g/mol. The van der Waals surface area contributed by atoms with Gasteiger partial charge in [-0.3, -0.25) is 0 Å². The van der Waals surface area contributed by atoms with Crippen molar-refractivity contribution in [3.63, 3.8) is 0 Å². The van der Waals surface area contributed by atoms with E-state index in [0.717, 1.165) is 18.8 Å². The van der Waals surface area contributed by atoms with Crippen molar-refractivity contribution in [1.82, 2.24) is 0 Å². The van der Waals surface area contributed by atoms with E-state index in [1.165, 1.54) is 12.8 Å². The summed E-state index contributed by atoms with van der Waals surface area (Å²) in [5, 5.41) is 8.90. The first-order valence-corrected chi connectivity index (χ1v) is 6.59. The Bertz CT molecular complexity index is 229.